The van der Waals surface area contributed by atoms with Crippen LogP contribution in [-0.4, -0.2) is 34.6 Å². The van der Waals surface area contributed by atoms with Gasteiger partial charge >= 0.3 is 6.03 Å². The molecule has 1 aromatic heterocycles. The number of ether oxygens (including phenoxy) is 1. The maximum Gasteiger partial charge on any atom is 0.321 e. The lowest BCUT2D eigenvalue weighted by atomic mass is 9.86. The van der Waals surface area contributed by atoms with Crippen molar-refractivity contribution in [2.45, 2.75) is 38.6 Å². The summed E-state index contributed by atoms with van der Waals surface area (Å²) in [6.45, 7) is 1.84. The quantitative estimate of drug-likeness (QED) is 0.890. The van der Waals surface area contributed by atoms with E-state index >= 15 is 0 Å². The van der Waals surface area contributed by atoms with Crippen LogP contribution in [0, 0.1) is 5.92 Å². The molecule has 25 heavy (non-hydrogen) atoms. The molecule has 7 heteroatoms. The number of urea groups is 1. The number of nitrogens with one attached hydrogen (secondary N) is 2. The van der Waals surface area contributed by atoms with Gasteiger partial charge in [0.2, 0.25) is 5.88 Å². The number of imide groups is 1. The van der Waals surface area contributed by atoms with E-state index < -0.39 is 11.9 Å². The van der Waals surface area contributed by atoms with Crippen LogP contribution in [0.2, 0.25) is 0 Å². The molecule has 132 valence electrons. The maximum atomic E-state index is 12.0. The predicted octanol–water partition coefficient (Wildman–Crippen LogP) is 2.41. The number of fused-ring (bicyclic) bond motifs is 1. The largest absolute Gasteiger partial charge is 0.467 e. The van der Waals surface area contributed by atoms with Crippen molar-refractivity contribution in [1.29, 1.82) is 0 Å². The van der Waals surface area contributed by atoms with Gasteiger partial charge < -0.3 is 10.1 Å². The lowest BCUT2D eigenvalue weighted by Crippen LogP contribution is -2.48. The first-order valence-corrected chi connectivity index (χ1v) is 8.56. The number of rotatable bonds is 4. The molecule has 2 N–H and O–H groups in total. The highest BCUT2D eigenvalue weighted by Gasteiger charge is 2.23. The first kappa shape index (κ1) is 17.1. The van der Waals surface area contributed by atoms with Gasteiger partial charge in [0.25, 0.3) is 5.91 Å². The van der Waals surface area contributed by atoms with Crippen LogP contribution in [0.3, 0.4) is 0 Å². The van der Waals surface area contributed by atoms with Gasteiger partial charge in [-0.1, -0.05) is 31.9 Å². The third-order valence-corrected chi connectivity index (χ3v) is 4.53. The second-order valence-electron chi connectivity index (χ2n) is 6.37. The van der Waals surface area contributed by atoms with Crippen molar-refractivity contribution in [3.63, 3.8) is 0 Å². The van der Waals surface area contributed by atoms with Crippen LogP contribution < -0.4 is 15.4 Å². The van der Waals surface area contributed by atoms with Crippen molar-refractivity contribution in [3.8, 4) is 5.88 Å². The third-order valence-electron chi connectivity index (χ3n) is 4.53. The van der Waals surface area contributed by atoms with E-state index in [0.29, 0.717) is 11.8 Å². The van der Waals surface area contributed by atoms with Crippen LogP contribution in [0.15, 0.2) is 30.6 Å². The minimum atomic E-state index is -0.511. The van der Waals surface area contributed by atoms with Gasteiger partial charge in [0.05, 0.1) is 10.9 Å². The van der Waals surface area contributed by atoms with Crippen molar-refractivity contribution in [2.24, 2.45) is 5.92 Å². The molecule has 1 fully saturated rings. The van der Waals surface area contributed by atoms with E-state index in [9.17, 15) is 9.59 Å². The molecule has 2 aromatic rings. The monoisotopic (exact) mass is 342 g/mol. The zero-order chi connectivity index (χ0) is 17.6. The van der Waals surface area contributed by atoms with E-state index in [-0.39, 0.29) is 12.6 Å². The first-order chi connectivity index (χ1) is 12.1. The third kappa shape index (κ3) is 4.43. The summed E-state index contributed by atoms with van der Waals surface area (Å²) in [5, 5.41) is 5.90. The smallest absolute Gasteiger partial charge is 0.321 e. The van der Waals surface area contributed by atoms with Gasteiger partial charge in [0, 0.05) is 6.04 Å². The Morgan fingerprint density at radius 1 is 1.20 bits per heavy atom. The fraction of sp³-hybridized carbons (Fsp3) is 0.444. The molecule has 1 aliphatic carbocycles. The molecule has 0 bridgehead atoms. The lowest BCUT2D eigenvalue weighted by molar-refractivity contribution is -0.122. The van der Waals surface area contributed by atoms with Crippen LogP contribution >= 0.6 is 0 Å². The molecule has 1 saturated carbocycles. The molecule has 1 aromatic carbocycles. The fourth-order valence-corrected chi connectivity index (χ4v) is 3.13. The summed E-state index contributed by atoms with van der Waals surface area (Å²) >= 11 is 0. The molecule has 0 unspecified atom stereocenters. The SMILES string of the molecule is C[C@@H]1CCCC[C@H]1NC(=O)NC(=O)COc1ncnc2ccccc12. The minimum absolute atomic E-state index is 0.119. The predicted molar refractivity (Wildman–Crippen MR) is 93.1 cm³/mol. The molecule has 0 radical (unpaired) electrons. The van der Waals surface area contributed by atoms with E-state index in [4.69, 9.17) is 4.74 Å². The summed E-state index contributed by atoms with van der Waals surface area (Å²) < 4.78 is 5.45. The highest BCUT2D eigenvalue weighted by atomic mass is 16.5. The lowest BCUT2D eigenvalue weighted by Gasteiger charge is -2.29. The standard InChI is InChI=1S/C18H22N4O3/c1-12-6-2-4-8-14(12)21-18(24)22-16(23)10-25-17-13-7-3-5-9-15(13)19-11-20-17/h3,5,7,9,11-12,14H,2,4,6,8,10H2,1H3,(H2,21,22,23,24)/t12-,14-/m1/s1. The summed E-state index contributed by atoms with van der Waals surface area (Å²) in [5.41, 5.74) is 0.733. The van der Waals surface area contributed by atoms with E-state index in [0.717, 1.165) is 30.2 Å². The number of carbonyl (C=O) groups excluding carboxylic acids is 2. The van der Waals surface area contributed by atoms with Crippen LogP contribution in [-0.2, 0) is 4.79 Å². The molecule has 0 saturated heterocycles. The van der Waals surface area contributed by atoms with E-state index in [1.54, 1.807) is 0 Å². The number of para-hydroxylation sites is 1. The number of aromatic nitrogens is 2. The van der Waals surface area contributed by atoms with Crippen molar-refractivity contribution >= 4 is 22.8 Å². The summed E-state index contributed by atoms with van der Waals surface area (Å²) in [7, 11) is 0. The Hall–Kier alpha value is -2.70. The summed E-state index contributed by atoms with van der Waals surface area (Å²) in [5.74, 6) is 0.240. The van der Waals surface area contributed by atoms with Crippen LogP contribution in [0.4, 0.5) is 4.79 Å². The number of amides is 3. The highest BCUT2D eigenvalue weighted by molar-refractivity contribution is 5.95. The average Bonchev–Trinajstić information content (AvgIpc) is 2.62. The Morgan fingerprint density at radius 2 is 2.00 bits per heavy atom. The van der Waals surface area contributed by atoms with E-state index in [2.05, 4.69) is 27.5 Å². The highest BCUT2D eigenvalue weighted by Crippen LogP contribution is 2.23. The van der Waals surface area contributed by atoms with Crippen molar-refractivity contribution in [1.82, 2.24) is 20.6 Å². The molecule has 0 spiro atoms. The van der Waals surface area contributed by atoms with Crippen molar-refractivity contribution in [3.05, 3.63) is 30.6 Å². The van der Waals surface area contributed by atoms with Gasteiger partial charge in [-0.15, -0.1) is 0 Å². The first-order valence-electron chi connectivity index (χ1n) is 8.56. The van der Waals surface area contributed by atoms with Crippen molar-refractivity contribution < 1.29 is 14.3 Å². The van der Waals surface area contributed by atoms with Gasteiger partial charge in [0.15, 0.2) is 6.61 Å². The maximum absolute atomic E-state index is 12.0. The second-order valence-corrected chi connectivity index (χ2v) is 6.37. The zero-order valence-electron chi connectivity index (χ0n) is 14.2. The van der Waals surface area contributed by atoms with Crippen LogP contribution in [0.25, 0.3) is 10.9 Å². The average molecular weight is 342 g/mol. The molecular formula is C18H22N4O3. The van der Waals surface area contributed by atoms with Crippen molar-refractivity contribution in [2.75, 3.05) is 6.61 Å². The number of nitrogens with zero attached hydrogens (tertiary/aromatic N) is 2. The molecule has 3 amide bonds. The molecule has 2 atom stereocenters. The molecule has 0 aliphatic heterocycles. The normalized spacial score (nSPS) is 20.0. The van der Waals surface area contributed by atoms with Gasteiger partial charge in [-0.3, -0.25) is 10.1 Å². The second kappa shape index (κ2) is 7.92. The zero-order valence-corrected chi connectivity index (χ0v) is 14.2. The van der Waals surface area contributed by atoms with Gasteiger partial charge in [-0.25, -0.2) is 14.8 Å². The summed E-state index contributed by atoms with van der Waals surface area (Å²) in [4.78, 5) is 32.1. The molecule has 1 aliphatic rings. The summed E-state index contributed by atoms with van der Waals surface area (Å²) in [6, 6.07) is 7.01. The van der Waals surface area contributed by atoms with Gasteiger partial charge in [0.1, 0.15) is 6.33 Å². The number of carbonyl (C=O) groups is 2. The van der Waals surface area contributed by atoms with E-state index in [1.807, 2.05) is 24.3 Å². The number of benzene rings is 1. The Labute approximate surface area is 146 Å². The molecule has 1 heterocycles. The number of hydrogen-bond acceptors (Lipinski definition) is 5. The Balaban J connectivity index is 1.51. The Morgan fingerprint density at radius 3 is 2.84 bits per heavy atom. The van der Waals surface area contributed by atoms with Gasteiger partial charge in [-0.2, -0.15) is 0 Å². The Kier molecular flexibility index (Phi) is 5.42. The van der Waals surface area contributed by atoms with Crippen LogP contribution in [0.1, 0.15) is 32.6 Å². The van der Waals surface area contributed by atoms with Gasteiger partial charge in [-0.05, 0) is 30.9 Å². The number of hydrogen-bond donors (Lipinski definition) is 2. The van der Waals surface area contributed by atoms with E-state index in [1.165, 1.54) is 12.7 Å². The topological polar surface area (TPSA) is 93.2 Å². The molecule has 7 nitrogen and oxygen atoms in total. The summed E-state index contributed by atoms with van der Waals surface area (Å²) in [6.07, 6.45) is 5.73. The minimum Gasteiger partial charge on any atom is -0.467 e. The Bertz CT molecular complexity index is 760. The molecular weight excluding hydrogens is 320 g/mol. The van der Waals surface area contributed by atoms with Crippen LogP contribution in [0.5, 0.6) is 5.88 Å². The fourth-order valence-electron chi connectivity index (χ4n) is 3.13. The molecule has 3 rings (SSSR count).